The number of hydrogen-bond acceptors (Lipinski definition) is 5. The van der Waals surface area contributed by atoms with E-state index in [2.05, 4.69) is 0 Å². The van der Waals surface area contributed by atoms with Gasteiger partial charge in [-0.3, -0.25) is 9.69 Å². The summed E-state index contributed by atoms with van der Waals surface area (Å²) in [6, 6.07) is 6.42. The smallest absolute Gasteiger partial charge is 0.325 e. The lowest BCUT2D eigenvalue weighted by Gasteiger charge is -2.19. The van der Waals surface area contributed by atoms with Gasteiger partial charge in [0.05, 0.1) is 26.3 Å². The molecule has 0 fully saturated rings. The summed E-state index contributed by atoms with van der Waals surface area (Å²) in [5, 5.41) is 8.78. The van der Waals surface area contributed by atoms with Gasteiger partial charge in [-0.1, -0.05) is 0 Å². The third-order valence-electron chi connectivity index (χ3n) is 2.53. The highest BCUT2D eigenvalue weighted by Crippen LogP contribution is 2.17. The van der Waals surface area contributed by atoms with Crippen molar-refractivity contribution in [1.82, 2.24) is 4.90 Å². The predicted molar refractivity (Wildman–Crippen MR) is 72.8 cm³/mol. The Morgan fingerprint density at radius 3 is 2.43 bits per heavy atom. The number of carbonyl (C=O) groups is 1. The first-order chi connectivity index (χ1) is 10.0. The van der Waals surface area contributed by atoms with Crippen LogP contribution < -0.4 is 9.47 Å². The number of halogens is 2. The van der Waals surface area contributed by atoms with Crippen molar-refractivity contribution in [3.05, 3.63) is 24.3 Å². The molecule has 0 amide bonds. The Hall–Kier alpha value is -1.73. The van der Waals surface area contributed by atoms with Gasteiger partial charge in [-0.25, -0.2) is 8.78 Å². The summed E-state index contributed by atoms with van der Waals surface area (Å²) in [7, 11) is 0. The van der Waals surface area contributed by atoms with E-state index in [1.54, 1.807) is 24.3 Å². The van der Waals surface area contributed by atoms with E-state index in [0.717, 1.165) is 4.90 Å². The molecule has 0 radical (unpaired) electrons. The first-order valence-electron chi connectivity index (χ1n) is 6.60. The highest BCUT2D eigenvalue weighted by atomic mass is 19.3. The number of alkyl halides is 2. The molecule has 1 aromatic carbocycles. The van der Waals surface area contributed by atoms with Gasteiger partial charge < -0.3 is 14.6 Å². The zero-order chi connectivity index (χ0) is 15.7. The van der Waals surface area contributed by atoms with Crippen LogP contribution >= 0.6 is 0 Å². The summed E-state index contributed by atoms with van der Waals surface area (Å²) in [5.74, 6) is 0.301. The van der Waals surface area contributed by atoms with Gasteiger partial charge in [0, 0.05) is 6.54 Å². The predicted octanol–water partition coefficient (Wildman–Crippen LogP) is 1.55. The van der Waals surface area contributed by atoms with Gasteiger partial charge in [0.15, 0.2) is 0 Å². The van der Waals surface area contributed by atoms with Crippen molar-refractivity contribution in [3.63, 3.8) is 0 Å². The van der Waals surface area contributed by atoms with Crippen LogP contribution in [0.3, 0.4) is 0 Å². The molecular formula is C14H19F2NO4. The summed E-state index contributed by atoms with van der Waals surface area (Å²) in [6.07, 6.45) is -2.57. The molecule has 1 rings (SSSR count). The zero-order valence-corrected chi connectivity index (χ0v) is 11.8. The third-order valence-corrected chi connectivity index (χ3v) is 2.53. The maximum Gasteiger partial charge on any atom is 0.325 e. The second-order valence-electron chi connectivity index (χ2n) is 4.23. The largest absolute Gasteiger partial charge is 0.494 e. The van der Waals surface area contributed by atoms with Crippen LogP contribution in [0.15, 0.2) is 24.3 Å². The highest BCUT2D eigenvalue weighted by Gasteiger charge is 2.16. The normalized spacial score (nSPS) is 11.0. The maximum atomic E-state index is 12.3. The average Bonchev–Trinajstić information content (AvgIpc) is 2.40. The molecule has 21 heavy (non-hydrogen) atoms. The van der Waals surface area contributed by atoms with Crippen LogP contribution in [0.1, 0.15) is 6.92 Å². The van der Waals surface area contributed by atoms with Crippen molar-refractivity contribution in [3.8, 4) is 11.5 Å². The van der Waals surface area contributed by atoms with Crippen LogP contribution in [-0.2, 0) is 4.79 Å². The molecule has 0 spiro atoms. The minimum atomic E-state index is -2.57. The monoisotopic (exact) mass is 303 g/mol. The van der Waals surface area contributed by atoms with Gasteiger partial charge in [0.2, 0.25) is 0 Å². The van der Waals surface area contributed by atoms with Crippen LogP contribution in [0, 0.1) is 0 Å². The minimum absolute atomic E-state index is 0.0112. The van der Waals surface area contributed by atoms with Crippen molar-refractivity contribution in [2.45, 2.75) is 13.3 Å². The summed E-state index contributed by atoms with van der Waals surface area (Å²) in [5.41, 5.74) is 0. The fourth-order valence-electron chi connectivity index (χ4n) is 1.69. The first kappa shape index (κ1) is 17.3. The van der Waals surface area contributed by atoms with Crippen molar-refractivity contribution >= 4 is 5.97 Å². The fourth-order valence-corrected chi connectivity index (χ4v) is 1.69. The number of rotatable bonds is 9. The highest BCUT2D eigenvalue weighted by molar-refractivity contribution is 5.74. The van der Waals surface area contributed by atoms with Gasteiger partial charge in [-0.2, -0.15) is 0 Å². The number of esters is 1. The van der Waals surface area contributed by atoms with Crippen LogP contribution in [0.25, 0.3) is 0 Å². The lowest BCUT2D eigenvalue weighted by Crippen LogP contribution is -2.37. The number of ether oxygens (including phenoxy) is 2. The molecule has 0 saturated heterocycles. The van der Waals surface area contributed by atoms with Crippen molar-refractivity contribution in [2.24, 2.45) is 0 Å². The Kier molecular flexibility index (Phi) is 7.63. The molecule has 0 aromatic heterocycles. The number of hydrogen-bond donors (Lipinski definition) is 1. The van der Waals surface area contributed by atoms with E-state index in [4.69, 9.17) is 14.6 Å². The molecule has 0 aliphatic heterocycles. The molecule has 7 heteroatoms. The molecule has 0 saturated carbocycles. The lowest BCUT2D eigenvalue weighted by atomic mass is 10.3. The molecule has 1 N–H and O–H groups in total. The zero-order valence-electron chi connectivity index (χ0n) is 11.8. The van der Waals surface area contributed by atoms with E-state index in [1.807, 2.05) is 6.92 Å². The number of nitrogens with zero attached hydrogens (tertiary/aromatic N) is 1. The van der Waals surface area contributed by atoms with Crippen LogP contribution in [-0.4, -0.2) is 55.2 Å². The van der Waals surface area contributed by atoms with Crippen molar-refractivity contribution in [2.75, 3.05) is 32.8 Å². The Morgan fingerprint density at radius 1 is 1.29 bits per heavy atom. The van der Waals surface area contributed by atoms with Gasteiger partial charge in [-0.15, -0.1) is 0 Å². The van der Waals surface area contributed by atoms with Crippen molar-refractivity contribution in [1.29, 1.82) is 0 Å². The molecule has 118 valence electrons. The molecule has 5 nitrogen and oxygen atoms in total. The Morgan fingerprint density at radius 2 is 1.90 bits per heavy atom. The molecule has 0 unspecified atom stereocenters. The van der Waals surface area contributed by atoms with Gasteiger partial charge in [-0.05, 0) is 31.2 Å². The van der Waals surface area contributed by atoms with E-state index in [1.165, 1.54) is 0 Å². The van der Waals surface area contributed by atoms with Crippen LogP contribution in [0.2, 0.25) is 0 Å². The second-order valence-corrected chi connectivity index (χ2v) is 4.23. The molecule has 0 bridgehead atoms. The second kappa shape index (κ2) is 9.25. The molecule has 0 heterocycles. The molecule has 0 aliphatic rings. The lowest BCUT2D eigenvalue weighted by molar-refractivity contribution is -0.136. The van der Waals surface area contributed by atoms with E-state index >= 15 is 0 Å². The Labute approximate surface area is 122 Å². The molecular weight excluding hydrogens is 284 g/mol. The van der Waals surface area contributed by atoms with E-state index < -0.39 is 18.9 Å². The first-order valence-corrected chi connectivity index (χ1v) is 6.60. The summed E-state index contributed by atoms with van der Waals surface area (Å²) in [4.78, 5) is 12.8. The topological polar surface area (TPSA) is 59.0 Å². The average molecular weight is 303 g/mol. The molecule has 1 aromatic rings. The van der Waals surface area contributed by atoms with E-state index in [0.29, 0.717) is 18.1 Å². The summed E-state index contributed by atoms with van der Waals surface area (Å²) >= 11 is 0. The number of benzene rings is 1. The van der Waals surface area contributed by atoms with Gasteiger partial charge in [0.25, 0.3) is 6.43 Å². The summed E-state index contributed by atoms with van der Waals surface area (Å²) < 4.78 is 34.9. The Bertz CT molecular complexity index is 425. The van der Waals surface area contributed by atoms with Crippen molar-refractivity contribution < 1.29 is 28.2 Å². The van der Waals surface area contributed by atoms with Crippen LogP contribution in [0.5, 0.6) is 11.5 Å². The van der Waals surface area contributed by atoms with E-state index in [-0.39, 0.29) is 19.7 Å². The fraction of sp³-hybridized carbons (Fsp3) is 0.500. The number of aliphatic hydroxyl groups excluding tert-OH is 1. The van der Waals surface area contributed by atoms with Gasteiger partial charge in [0.1, 0.15) is 11.5 Å². The number of aliphatic hydroxyl groups is 1. The minimum Gasteiger partial charge on any atom is -0.494 e. The van der Waals surface area contributed by atoms with E-state index in [9.17, 15) is 13.6 Å². The Balaban J connectivity index is 2.50. The van der Waals surface area contributed by atoms with Crippen LogP contribution in [0.4, 0.5) is 8.78 Å². The number of carbonyl (C=O) groups excluding carboxylic acids is 1. The molecule has 0 atom stereocenters. The standard InChI is InChI=1S/C14H19F2NO4/c1-2-20-11-3-5-12(6-4-11)21-14(19)10-17(7-8-18)9-13(15)16/h3-6,13,18H,2,7-10H2,1H3. The SMILES string of the molecule is CCOc1ccc(OC(=O)CN(CCO)CC(F)F)cc1. The quantitative estimate of drug-likeness (QED) is 0.554. The maximum absolute atomic E-state index is 12.3. The van der Waals surface area contributed by atoms with Gasteiger partial charge >= 0.3 is 5.97 Å². The third kappa shape index (κ3) is 7.01. The molecule has 0 aliphatic carbocycles. The summed E-state index contributed by atoms with van der Waals surface area (Å²) in [6.45, 7) is 1.18.